The maximum absolute atomic E-state index is 11.9. The third-order valence-electron chi connectivity index (χ3n) is 3.64. The summed E-state index contributed by atoms with van der Waals surface area (Å²) in [6, 6.07) is 0.307. The topological polar surface area (TPSA) is 57.7 Å². The Morgan fingerprint density at radius 3 is 2.39 bits per heavy atom. The van der Waals surface area contributed by atoms with E-state index in [2.05, 4.69) is 18.7 Å². The van der Waals surface area contributed by atoms with Crippen LogP contribution in [0.25, 0.3) is 0 Å². The van der Waals surface area contributed by atoms with Gasteiger partial charge in [-0.2, -0.15) is 0 Å². The van der Waals surface area contributed by atoms with Crippen molar-refractivity contribution in [2.45, 2.75) is 45.2 Å². The number of carbonyl (C=O) groups excluding carboxylic acids is 1. The smallest absolute Gasteiger partial charge is 0.259 e. The Bertz CT molecular complexity index is 448. The molecule has 0 radical (unpaired) electrons. The van der Waals surface area contributed by atoms with Crippen LogP contribution in [0.4, 0.5) is 0 Å². The van der Waals surface area contributed by atoms with Crippen LogP contribution in [0.2, 0.25) is 0 Å². The van der Waals surface area contributed by atoms with Crippen LogP contribution >= 0.6 is 0 Å². The molecule has 1 fully saturated rings. The van der Waals surface area contributed by atoms with Gasteiger partial charge in [0.1, 0.15) is 0 Å². The molecule has 0 bridgehead atoms. The molecule has 2 aliphatic rings. The number of carbonyl (C=O) groups is 1. The summed E-state index contributed by atoms with van der Waals surface area (Å²) in [4.78, 5) is 14.1. The summed E-state index contributed by atoms with van der Waals surface area (Å²) in [6.45, 7) is 5.97. The molecule has 0 unspecified atom stereocenters. The van der Waals surface area contributed by atoms with Gasteiger partial charge in [0.05, 0.1) is 6.04 Å². The minimum Gasteiger partial charge on any atom is -0.301 e. The quantitative estimate of drug-likeness (QED) is 0.750. The van der Waals surface area contributed by atoms with Gasteiger partial charge >= 0.3 is 0 Å². The van der Waals surface area contributed by atoms with E-state index in [1.54, 1.807) is 0 Å². The van der Waals surface area contributed by atoms with Crippen LogP contribution in [0.3, 0.4) is 0 Å². The molecule has 0 spiro atoms. The summed E-state index contributed by atoms with van der Waals surface area (Å²) in [6.07, 6.45) is 3.09. The lowest BCUT2D eigenvalue weighted by Gasteiger charge is -2.39. The number of hydrogen-bond donors (Lipinski definition) is 0. The molecule has 0 aromatic carbocycles. The van der Waals surface area contributed by atoms with E-state index in [1.807, 2.05) is 0 Å². The molecule has 18 heavy (non-hydrogen) atoms. The van der Waals surface area contributed by atoms with Gasteiger partial charge in [0.15, 0.2) is 0 Å². The maximum Gasteiger partial charge on any atom is 0.259 e. The number of hydrogen-bond acceptors (Lipinski definition) is 4. The molecule has 0 saturated carbocycles. The average Bonchev–Trinajstić information content (AvgIpc) is 2.28. The minimum absolute atomic E-state index is 0.164. The van der Waals surface area contributed by atoms with Gasteiger partial charge in [-0.1, -0.05) is 6.08 Å². The normalized spacial score (nSPS) is 25.9. The van der Waals surface area contributed by atoms with Crippen molar-refractivity contribution >= 4 is 15.9 Å². The molecule has 1 amide bonds. The van der Waals surface area contributed by atoms with Crippen molar-refractivity contribution in [3.63, 3.8) is 0 Å². The molecule has 102 valence electrons. The number of likely N-dealkylation sites (tertiary alicyclic amines) is 1. The number of amides is 1. The first kappa shape index (κ1) is 13.5. The summed E-state index contributed by atoms with van der Waals surface area (Å²) in [7, 11) is -3.53. The zero-order valence-corrected chi connectivity index (χ0v) is 11.7. The fourth-order valence-electron chi connectivity index (χ4n) is 2.62. The molecule has 0 atom stereocenters. The Morgan fingerprint density at radius 1 is 1.28 bits per heavy atom. The highest BCUT2D eigenvalue weighted by atomic mass is 32.2. The van der Waals surface area contributed by atoms with E-state index < -0.39 is 10.0 Å². The third kappa shape index (κ3) is 2.59. The molecule has 2 heterocycles. The van der Waals surface area contributed by atoms with Crippen LogP contribution in [0.1, 0.15) is 33.1 Å². The van der Waals surface area contributed by atoms with Crippen LogP contribution in [0.15, 0.2) is 11.5 Å². The van der Waals surface area contributed by atoms with Gasteiger partial charge in [-0.25, -0.2) is 12.7 Å². The first-order valence-electron chi connectivity index (χ1n) is 6.39. The van der Waals surface area contributed by atoms with E-state index in [4.69, 9.17) is 0 Å². The zero-order chi connectivity index (χ0) is 13.3. The van der Waals surface area contributed by atoms with Crippen molar-refractivity contribution < 1.29 is 13.2 Å². The van der Waals surface area contributed by atoms with Crippen LogP contribution in [0, 0.1) is 0 Å². The van der Waals surface area contributed by atoms with Crippen LogP contribution in [-0.2, 0) is 14.8 Å². The number of sulfonamides is 1. The molecule has 0 N–H and O–H groups in total. The molecule has 6 heteroatoms. The molecular formula is C12H20N2O3S. The summed E-state index contributed by atoms with van der Waals surface area (Å²) in [5.41, 5.74) is 0. The van der Waals surface area contributed by atoms with E-state index >= 15 is 0 Å². The zero-order valence-electron chi connectivity index (χ0n) is 10.9. The third-order valence-corrected chi connectivity index (χ3v) is 5.23. The van der Waals surface area contributed by atoms with Crippen molar-refractivity contribution in [2.24, 2.45) is 0 Å². The number of piperidine rings is 1. The van der Waals surface area contributed by atoms with Crippen molar-refractivity contribution in [1.82, 2.24) is 9.21 Å². The Balaban J connectivity index is 2.09. The van der Waals surface area contributed by atoms with Crippen molar-refractivity contribution in [3.8, 4) is 0 Å². The molecular weight excluding hydrogens is 252 g/mol. The predicted molar refractivity (Wildman–Crippen MR) is 69.3 cm³/mol. The second kappa shape index (κ2) is 5.01. The molecule has 2 aliphatic heterocycles. The highest BCUT2D eigenvalue weighted by Gasteiger charge is 2.36. The fourth-order valence-corrected chi connectivity index (χ4v) is 4.07. The molecule has 0 aromatic heterocycles. The van der Waals surface area contributed by atoms with E-state index in [-0.39, 0.29) is 18.4 Å². The van der Waals surface area contributed by atoms with Crippen LogP contribution in [-0.4, -0.2) is 48.7 Å². The summed E-state index contributed by atoms with van der Waals surface area (Å²) in [5, 5.41) is 1.16. The summed E-state index contributed by atoms with van der Waals surface area (Å²) in [5.74, 6) is -0.291. The van der Waals surface area contributed by atoms with Gasteiger partial charge in [-0.3, -0.25) is 4.79 Å². The second-order valence-electron chi connectivity index (χ2n) is 5.17. The average molecular weight is 272 g/mol. The van der Waals surface area contributed by atoms with Gasteiger partial charge in [0, 0.05) is 31.0 Å². The largest absolute Gasteiger partial charge is 0.301 e. The Labute approximate surface area is 108 Å². The Kier molecular flexibility index (Phi) is 3.77. The van der Waals surface area contributed by atoms with Crippen molar-refractivity contribution in [1.29, 1.82) is 0 Å². The molecule has 0 aromatic rings. The molecule has 0 aliphatic carbocycles. The summed E-state index contributed by atoms with van der Waals surface area (Å²) < 4.78 is 24.9. The predicted octanol–water partition coefficient (Wildman–Crippen LogP) is 0.935. The first-order valence-corrected chi connectivity index (χ1v) is 7.90. The van der Waals surface area contributed by atoms with Gasteiger partial charge in [0.25, 0.3) is 10.0 Å². The molecule has 5 nitrogen and oxygen atoms in total. The highest BCUT2D eigenvalue weighted by molar-refractivity contribution is 7.92. The second-order valence-corrected chi connectivity index (χ2v) is 6.87. The van der Waals surface area contributed by atoms with Crippen molar-refractivity contribution in [2.75, 3.05) is 13.1 Å². The van der Waals surface area contributed by atoms with Gasteiger partial charge in [-0.05, 0) is 26.7 Å². The van der Waals surface area contributed by atoms with Gasteiger partial charge in [-0.15, -0.1) is 0 Å². The lowest BCUT2D eigenvalue weighted by atomic mass is 10.0. The van der Waals surface area contributed by atoms with E-state index in [9.17, 15) is 13.2 Å². The van der Waals surface area contributed by atoms with Gasteiger partial charge < -0.3 is 4.90 Å². The number of rotatable bonds is 2. The van der Waals surface area contributed by atoms with E-state index in [0.717, 1.165) is 35.6 Å². The highest BCUT2D eigenvalue weighted by Crippen LogP contribution is 2.24. The lowest BCUT2D eigenvalue weighted by Crippen LogP contribution is -2.51. The van der Waals surface area contributed by atoms with Gasteiger partial charge in [0.2, 0.25) is 5.91 Å². The van der Waals surface area contributed by atoms with Crippen LogP contribution < -0.4 is 0 Å². The number of nitrogens with zero attached hydrogens (tertiary/aromatic N) is 2. The first-order chi connectivity index (χ1) is 8.42. The standard InChI is InChI=1S/C12H20N2O3S/c1-10(2)13-7-5-11(6-8-13)14-12(15)4-3-9-18(14,16)17/h3,9-11H,4-8H2,1-2H3. The molecule has 2 rings (SSSR count). The van der Waals surface area contributed by atoms with Crippen LogP contribution in [0.5, 0.6) is 0 Å². The monoisotopic (exact) mass is 272 g/mol. The Hall–Kier alpha value is -0.880. The Morgan fingerprint density at radius 2 is 1.89 bits per heavy atom. The fraction of sp³-hybridized carbons (Fsp3) is 0.750. The SMILES string of the molecule is CC(C)N1CCC(N2C(=O)CC=CS2(=O)=O)CC1. The summed E-state index contributed by atoms with van der Waals surface area (Å²) >= 11 is 0. The maximum atomic E-state index is 11.9. The molecule has 1 saturated heterocycles. The minimum atomic E-state index is -3.53. The van der Waals surface area contributed by atoms with E-state index in [1.165, 1.54) is 6.08 Å². The van der Waals surface area contributed by atoms with Crippen molar-refractivity contribution in [3.05, 3.63) is 11.5 Å². The van der Waals surface area contributed by atoms with E-state index in [0.29, 0.717) is 6.04 Å². The lowest BCUT2D eigenvalue weighted by molar-refractivity contribution is -0.127.